The molecular weight excluding hydrogens is 537 g/mol. The van der Waals surface area contributed by atoms with Gasteiger partial charge in [-0.3, -0.25) is 9.89 Å². The minimum absolute atomic E-state index is 0. The van der Waals surface area contributed by atoms with E-state index in [0.717, 1.165) is 44.2 Å². The molecule has 0 aromatic heterocycles. The number of rotatable bonds is 7. The van der Waals surface area contributed by atoms with Crippen LogP contribution in [0.25, 0.3) is 6.08 Å². The van der Waals surface area contributed by atoms with E-state index in [9.17, 15) is 8.42 Å². The van der Waals surface area contributed by atoms with Crippen LogP contribution in [0.3, 0.4) is 0 Å². The Bertz CT molecular complexity index is 987. The first-order valence-electron chi connectivity index (χ1n) is 10.4. The molecule has 1 aliphatic heterocycles. The molecule has 0 saturated carbocycles. The number of sulfonamides is 1. The first-order chi connectivity index (χ1) is 15.0. The number of halogens is 1. The van der Waals surface area contributed by atoms with Gasteiger partial charge in [-0.2, -0.15) is 0 Å². The second kappa shape index (κ2) is 12.9. The summed E-state index contributed by atoms with van der Waals surface area (Å²) >= 11 is 0. The second-order valence-electron chi connectivity index (χ2n) is 7.35. The first kappa shape index (κ1) is 26.3. The Kier molecular flexibility index (Phi) is 10.6. The first-order valence-corrected chi connectivity index (χ1v) is 11.9. The average Bonchev–Trinajstić information content (AvgIpc) is 2.81. The molecule has 0 bridgehead atoms. The van der Waals surface area contributed by atoms with Gasteiger partial charge < -0.3 is 10.2 Å². The minimum Gasteiger partial charge on any atom is -0.352 e. The standard InChI is InChI=1S/C23H31N5O2S.HI/c1-24-23(26-19-21-10-12-22(13-11-21)31(29,30)25-2)28-17-15-27(16-18-28)14-6-9-20-7-4-3-5-8-20;/h3-13,25H,14-19H2,1-2H3,(H,24,26);1H/b9-6+;. The van der Waals surface area contributed by atoms with Crippen LogP contribution in [0.2, 0.25) is 0 Å². The fraction of sp³-hybridized carbons (Fsp3) is 0.348. The summed E-state index contributed by atoms with van der Waals surface area (Å²) in [6.07, 6.45) is 4.38. The van der Waals surface area contributed by atoms with Crippen LogP contribution >= 0.6 is 24.0 Å². The van der Waals surface area contributed by atoms with E-state index in [2.05, 4.69) is 61.2 Å². The number of guanidine groups is 1. The Morgan fingerprint density at radius 2 is 1.69 bits per heavy atom. The van der Waals surface area contributed by atoms with E-state index in [1.165, 1.54) is 12.6 Å². The molecule has 0 radical (unpaired) electrons. The highest BCUT2D eigenvalue weighted by molar-refractivity contribution is 14.0. The lowest BCUT2D eigenvalue weighted by atomic mass is 10.2. The van der Waals surface area contributed by atoms with Crippen molar-refractivity contribution in [2.45, 2.75) is 11.4 Å². The van der Waals surface area contributed by atoms with Gasteiger partial charge in [0.15, 0.2) is 5.96 Å². The van der Waals surface area contributed by atoms with E-state index in [0.29, 0.717) is 6.54 Å². The number of aliphatic imine (C=N–C) groups is 1. The molecule has 7 nitrogen and oxygen atoms in total. The van der Waals surface area contributed by atoms with Crippen LogP contribution in [0.5, 0.6) is 0 Å². The molecule has 32 heavy (non-hydrogen) atoms. The van der Waals surface area contributed by atoms with Crippen LogP contribution < -0.4 is 10.0 Å². The number of benzene rings is 2. The van der Waals surface area contributed by atoms with Crippen molar-refractivity contribution in [1.29, 1.82) is 0 Å². The predicted molar refractivity (Wildman–Crippen MR) is 142 cm³/mol. The molecule has 0 unspecified atom stereocenters. The van der Waals surface area contributed by atoms with Crippen molar-refractivity contribution >= 4 is 46.0 Å². The van der Waals surface area contributed by atoms with Crippen LogP contribution in [0.1, 0.15) is 11.1 Å². The van der Waals surface area contributed by atoms with E-state index in [1.54, 1.807) is 19.2 Å². The molecule has 1 saturated heterocycles. The van der Waals surface area contributed by atoms with Gasteiger partial charge in [0.05, 0.1) is 4.90 Å². The molecule has 1 heterocycles. The molecule has 1 aliphatic rings. The summed E-state index contributed by atoms with van der Waals surface area (Å²) in [4.78, 5) is 9.38. The molecule has 0 spiro atoms. The zero-order chi connectivity index (χ0) is 22.1. The SMILES string of the molecule is CN=C(NCc1ccc(S(=O)(=O)NC)cc1)N1CCN(C/C=C/c2ccccc2)CC1.I. The lowest BCUT2D eigenvalue weighted by Gasteiger charge is -2.36. The van der Waals surface area contributed by atoms with Gasteiger partial charge in [-0.15, -0.1) is 24.0 Å². The highest BCUT2D eigenvalue weighted by Gasteiger charge is 2.18. The molecule has 174 valence electrons. The molecule has 0 atom stereocenters. The van der Waals surface area contributed by atoms with Crippen LogP contribution in [0.15, 0.2) is 70.6 Å². The second-order valence-corrected chi connectivity index (χ2v) is 9.24. The molecule has 2 N–H and O–H groups in total. The number of nitrogens with one attached hydrogen (secondary N) is 2. The highest BCUT2D eigenvalue weighted by Crippen LogP contribution is 2.10. The van der Waals surface area contributed by atoms with Crippen molar-refractivity contribution in [3.8, 4) is 0 Å². The van der Waals surface area contributed by atoms with Gasteiger partial charge >= 0.3 is 0 Å². The van der Waals surface area contributed by atoms with Gasteiger partial charge in [-0.1, -0.05) is 54.6 Å². The fourth-order valence-electron chi connectivity index (χ4n) is 3.46. The third-order valence-electron chi connectivity index (χ3n) is 5.31. The molecule has 3 rings (SSSR count). The topological polar surface area (TPSA) is 77.0 Å². The molecule has 2 aromatic carbocycles. The molecule has 0 aliphatic carbocycles. The Morgan fingerprint density at radius 1 is 1.03 bits per heavy atom. The minimum atomic E-state index is -3.41. The zero-order valence-electron chi connectivity index (χ0n) is 18.6. The van der Waals surface area contributed by atoms with Gasteiger partial charge in [0.2, 0.25) is 10.0 Å². The van der Waals surface area contributed by atoms with E-state index >= 15 is 0 Å². The molecule has 9 heteroatoms. The average molecular weight is 570 g/mol. The smallest absolute Gasteiger partial charge is 0.240 e. The summed E-state index contributed by atoms with van der Waals surface area (Å²) < 4.78 is 26.0. The Hall–Kier alpha value is -1.95. The van der Waals surface area contributed by atoms with Crippen LogP contribution in [-0.2, 0) is 16.6 Å². The van der Waals surface area contributed by atoms with Crippen molar-refractivity contribution in [2.75, 3.05) is 46.8 Å². The van der Waals surface area contributed by atoms with E-state index in [1.807, 2.05) is 18.2 Å². The summed E-state index contributed by atoms with van der Waals surface area (Å²) in [5.41, 5.74) is 2.23. The third-order valence-corrected chi connectivity index (χ3v) is 6.74. The normalized spacial score (nSPS) is 15.6. The lowest BCUT2D eigenvalue weighted by molar-refractivity contribution is 0.194. The number of hydrogen-bond donors (Lipinski definition) is 2. The fourth-order valence-corrected chi connectivity index (χ4v) is 4.19. The van der Waals surface area contributed by atoms with Gasteiger partial charge in [0, 0.05) is 46.3 Å². The summed E-state index contributed by atoms with van der Waals surface area (Å²) in [6.45, 7) is 5.33. The van der Waals surface area contributed by atoms with Gasteiger partial charge in [-0.05, 0) is 30.3 Å². The number of nitrogens with zero attached hydrogens (tertiary/aromatic N) is 3. The number of hydrogen-bond acceptors (Lipinski definition) is 4. The van der Waals surface area contributed by atoms with Gasteiger partial charge in [0.25, 0.3) is 0 Å². The Balaban J connectivity index is 0.00000363. The quantitative estimate of drug-likeness (QED) is 0.305. The van der Waals surface area contributed by atoms with E-state index in [-0.39, 0.29) is 28.9 Å². The largest absolute Gasteiger partial charge is 0.352 e. The number of piperazine rings is 1. The van der Waals surface area contributed by atoms with Crippen molar-refractivity contribution in [1.82, 2.24) is 19.8 Å². The van der Waals surface area contributed by atoms with Crippen LogP contribution in [0.4, 0.5) is 0 Å². The van der Waals surface area contributed by atoms with E-state index < -0.39 is 10.0 Å². The molecule has 1 fully saturated rings. The van der Waals surface area contributed by atoms with Crippen LogP contribution in [0, 0.1) is 0 Å². The van der Waals surface area contributed by atoms with Crippen molar-refractivity contribution < 1.29 is 8.42 Å². The molecule has 2 aromatic rings. The summed E-state index contributed by atoms with van der Waals surface area (Å²) in [5.74, 6) is 0.867. The van der Waals surface area contributed by atoms with Crippen molar-refractivity contribution in [3.63, 3.8) is 0 Å². The lowest BCUT2D eigenvalue weighted by Crippen LogP contribution is -2.52. The monoisotopic (exact) mass is 569 g/mol. The Labute approximate surface area is 208 Å². The third kappa shape index (κ3) is 7.58. The van der Waals surface area contributed by atoms with E-state index in [4.69, 9.17) is 0 Å². The summed E-state index contributed by atoms with van der Waals surface area (Å²) in [5, 5.41) is 3.39. The summed E-state index contributed by atoms with van der Waals surface area (Å²) in [7, 11) is -0.205. The maximum atomic E-state index is 11.8. The maximum Gasteiger partial charge on any atom is 0.240 e. The molecular formula is C23H32IN5O2S. The highest BCUT2D eigenvalue weighted by atomic mass is 127. The van der Waals surface area contributed by atoms with Crippen LogP contribution in [-0.4, -0.2) is 71.0 Å². The predicted octanol–water partition coefficient (Wildman–Crippen LogP) is 2.62. The maximum absolute atomic E-state index is 11.8. The van der Waals surface area contributed by atoms with Gasteiger partial charge in [-0.25, -0.2) is 13.1 Å². The van der Waals surface area contributed by atoms with Gasteiger partial charge in [0.1, 0.15) is 0 Å². The molecule has 0 amide bonds. The summed E-state index contributed by atoms with van der Waals surface area (Å²) in [6, 6.07) is 17.2. The Morgan fingerprint density at radius 3 is 2.28 bits per heavy atom. The van der Waals surface area contributed by atoms with Crippen molar-refractivity contribution in [2.24, 2.45) is 4.99 Å². The zero-order valence-corrected chi connectivity index (χ0v) is 21.7. The van der Waals surface area contributed by atoms with Crippen molar-refractivity contribution in [3.05, 3.63) is 71.8 Å².